The largest absolute Gasteiger partial charge is 0.408 e. The van der Waals surface area contributed by atoms with E-state index in [-0.39, 0.29) is 84.9 Å². The molecule has 8 aromatic rings. The number of aromatic amines is 2. The third kappa shape index (κ3) is 19.8. The number of imidazole rings is 4. The second-order valence-electron chi connectivity index (χ2n) is 30.0. The van der Waals surface area contributed by atoms with E-state index in [1.54, 1.807) is 20.8 Å². The van der Waals surface area contributed by atoms with E-state index in [1.165, 1.54) is 56.2 Å². The fourth-order valence-corrected chi connectivity index (χ4v) is 20.5. The summed E-state index contributed by atoms with van der Waals surface area (Å²) < 4.78 is 138. The Morgan fingerprint density at radius 2 is 0.957 bits per heavy atom. The van der Waals surface area contributed by atoms with E-state index in [0.29, 0.717) is 0 Å². The number of nitrogens with zero attached hydrogens (tertiary/aromatic N) is 14. The topological polar surface area (TPSA) is 549 Å². The summed E-state index contributed by atoms with van der Waals surface area (Å²) in [7, 11) is 4.60. The number of nitrogens with one attached hydrogen (secondary N) is 3. The van der Waals surface area contributed by atoms with Crippen LogP contribution in [0.1, 0.15) is 87.2 Å². The first-order chi connectivity index (χ1) is 53.6. The van der Waals surface area contributed by atoms with Crippen LogP contribution >= 0.6 is 39.2 Å². The van der Waals surface area contributed by atoms with E-state index in [4.69, 9.17) is 122 Å². The fraction of sp³-hybridized carbons (Fsp3) is 0.638. The van der Waals surface area contributed by atoms with Gasteiger partial charge in [0.1, 0.15) is 84.7 Å². The standard InChI is InChI=1S/C30H43FN10O11P2S2Si.C26H37FN10O10P2S2Si.C2H6O.B3/c1-13(2)25(42)38-29-37-24-18(26(43)39-29)36-12-41(24)28-21-20(52-57(6,7)30(3,4)5)15(49-28)9-47-53(44,55)50-19-14(8-46-54(45,56)51-21)48-27(16(19)31)40-11-35-17-22(32)33-10-34-23(17)40;1-26(2,3)52(4,5)47-17-12-7-42-48(39,50)45-16-11(43-23(13(16)27)36-9-32-14-19(28)30-8-31-20(14)36)6-41-49(40,51)46-18(17)24(44-12)37-10-33-15-21(37)34-25(29)35-22(15)38;1-2-3;1-3-2/h10-16,19-21,27-28H,8-9H2,1-7H3,(H,44,55)(H,45,56)(H2,32,33,34)(H2,37,38,39,42,43);8-13,16-18,23-24H,6-7H2,1-5H3,(H,39,50)(H,40,51)(H2,28,30,31)(H3,29,34,35,38);3H,2H2,1H3;/t14-,15-,16?,19+,20+,21?,27-,28-,53?,54?;11-,12-,13?,16+,17+,18?,23-,24-,48?,49?;;/m11../s1. The molecule has 6 aliphatic rings. The van der Waals surface area contributed by atoms with Gasteiger partial charge in [0.05, 0.1) is 51.7 Å². The van der Waals surface area contributed by atoms with Crippen LogP contribution in [0.15, 0.2) is 47.6 Å². The average Bonchev–Trinajstić information content (AvgIpc) is 1.59. The highest BCUT2D eigenvalue weighted by molar-refractivity contribution is 8.44. The Morgan fingerprint density at radius 3 is 1.37 bits per heavy atom. The van der Waals surface area contributed by atoms with Crippen LogP contribution in [-0.4, -0.2) is 249 Å². The Balaban J connectivity index is 0.000000213. The number of H-pyrrole nitrogens is 2. The summed E-state index contributed by atoms with van der Waals surface area (Å²) in [5, 5.41) is 9.46. The molecule has 8 unspecified atom stereocenters. The lowest BCUT2D eigenvalue weighted by molar-refractivity contribution is -0.119. The lowest BCUT2D eigenvalue weighted by Crippen LogP contribution is -2.50. The molecular weight excluding hydrogens is 1710 g/mol. The van der Waals surface area contributed by atoms with E-state index >= 15 is 8.78 Å². The van der Waals surface area contributed by atoms with Gasteiger partial charge in [-0.05, 0) is 78.6 Å². The predicted octanol–water partition coefficient (Wildman–Crippen LogP) is 4.49. The molecule has 115 heavy (non-hydrogen) atoms. The summed E-state index contributed by atoms with van der Waals surface area (Å²) in [4.78, 5) is 120. The third-order valence-corrected chi connectivity index (χ3v) is 35.0. The Labute approximate surface area is 680 Å². The Hall–Kier alpha value is -5.03. The number of aliphatic hydroxyl groups is 1. The minimum absolute atomic E-state index is 0.0192. The summed E-state index contributed by atoms with van der Waals surface area (Å²) in [6, 6.07) is 0. The van der Waals surface area contributed by atoms with Crippen LogP contribution < -0.4 is 33.6 Å². The van der Waals surface area contributed by atoms with E-state index in [9.17, 15) is 33.6 Å². The number of hydrogen-bond acceptors (Lipinski definition) is 35. The number of thiol groups is 1. The lowest BCUT2D eigenvalue weighted by Gasteiger charge is -2.40. The maximum absolute atomic E-state index is 16.4. The van der Waals surface area contributed by atoms with Crippen LogP contribution in [0.2, 0.25) is 36.3 Å². The number of ether oxygens (including phenoxy) is 4. The molecule has 14 rings (SSSR count). The molecule has 0 spiro atoms. The third-order valence-electron chi connectivity index (χ3n) is 19.7. The van der Waals surface area contributed by atoms with Crippen LogP contribution in [0.5, 0.6) is 0 Å². The number of fused-ring (bicyclic) bond motifs is 10. The molecule has 6 aliphatic heterocycles. The van der Waals surface area contributed by atoms with Gasteiger partial charge in [-0.15, -0.1) is 0 Å². The van der Waals surface area contributed by atoms with Gasteiger partial charge in [0, 0.05) is 35.1 Å². The predicted molar refractivity (Wildman–Crippen MR) is 433 cm³/mol. The molecule has 20 atom stereocenters. The molecule has 8 aromatic heterocycles. The molecule has 0 aliphatic carbocycles. The van der Waals surface area contributed by atoms with Gasteiger partial charge < -0.3 is 78.4 Å². The second-order valence-corrected chi connectivity index (χ2v) is 50.8. The quantitative estimate of drug-likeness (QED) is 0.0510. The Bertz CT molecular complexity index is 5200. The molecule has 14 heterocycles. The highest BCUT2D eigenvalue weighted by Crippen LogP contribution is 2.60. The molecule has 625 valence electrons. The minimum atomic E-state index is -4.42. The first-order valence-corrected chi connectivity index (χ1v) is 51.5. The molecule has 1 amide bonds. The van der Waals surface area contributed by atoms with Crippen molar-refractivity contribution in [1.29, 1.82) is 0 Å². The Morgan fingerprint density at radius 1 is 0.609 bits per heavy atom. The van der Waals surface area contributed by atoms with Gasteiger partial charge in [-0.25, -0.2) is 53.2 Å². The van der Waals surface area contributed by atoms with Gasteiger partial charge in [0.15, 0.2) is 99.1 Å². The summed E-state index contributed by atoms with van der Waals surface area (Å²) in [6.45, 7) is 5.76. The van der Waals surface area contributed by atoms with Gasteiger partial charge >= 0.3 is 27.0 Å². The number of alkyl halides is 2. The van der Waals surface area contributed by atoms with Crippen LogP contribution in [0.4, 0.5) is 32.3 Å². The van der Waals surface area contributed by atoms with E-state index < -0.39 is 191 Å². The number of halogens is 2. The number of anilines is 4. The maximum Gasteiger partial charge on any atom is 0.386 e. The van der Waals surface area contributed by atoms with Crippen molar-refractivity contribution in [3.63, 3.8) is 0 Å². The monoisotopic (exact) mass is 1790 g/mol. The van der Waals surface area contributed by atoms with Crippen molar-refractivity contribution in [2.24, 2.45) is 5.92 Å². The SMILES string of the molecule is CC(C)(C)[Si](C)(C)O[C@@H]1C2OP(O)(=S)OC[C@H]3O[C@@H](n4cnc5c(N)ncnc54)C(F)[C@H]3OP(=O)(S)OC[C@H]1O[C@H]2n1cnc2c(=O)[nH]c(N)nc21.CC(C)C(=O)Nc1nc2c(ncn2[C@@H]2O[C@@H]3COP(O)(=S)O[C@@H]4C(F)[C@H](n5cnc6c(N)ncnc65)O[C@@H]4COP(O)(=S)OC2[C@H]3O[Si](C)(C)C(C)(C)C)c(=O)[nH]1.CCO.[B][B][B]. The van der Waals surface area contributed by atoms with Gasteiger partial charge in [0.2, 0.25) is 17.8 Å². The number of hydrogen-bond donors (Lipinski definition) is 11. The molecular formula is C58H86B3F2N20O22P4S4Si2. The maximum atomic E-state index is 16.4. The zero-order valence-corrected chi connectivity index (χ0v) is 72.8. The second kappa shape index (κ2) is 35.2. The van der Waals surface area contributed by atoms with E-state index in [0.717, 1.165) is 7.06 Å². The number of aromatic nitrogens is 16. The van der Waals surface area contributed by atoms with Crippen LogP contribution in [-0.2, 0) is 109 Å². The zero-order chi connectivity index (χ0) is 84.4. The first kappa shape index (κ1) is 90.7. The van der Waals surface area contributed by atoms with Crippen molar-refractivity contribution < 1.29 is 102 Å². The molecule has 6 fully saturated rings. The Kier molecular flexibility index (Phi) is 27.8. The fourth-order valence-electron chi connectivity index (χ4n) is 12.1. The molecule has 5 radical (unpaired) electrons. The summed E-state index contributed by atoms with van der Waals surface area (Å²) in [5.74, 6) is -1.05. The van der Waals surface area contributed by atoms with E-state index in [1.807, 2.05) is 67.7 Å². The molecule has 57 heteroatoms. The molecule has 6 saturated heterocycles. The molecule has 4 bridgehead atoms. The highest BCUT2D eigenvalue weighted by Gasteiger charge is 2.59. The minimum Gasteiger partial charge on any atom is -0.408 e. The molecule has 0 aromatic carbocycles. The van der Waals surface area contributed by atoms with Crippen molar-refractivity contribution >= 4 is 188 Å². The normalized spacial score (nSPS) is 32.4. The lowest BCUT2D eigenvalue weighted by atomic mass is 9.40. The van der Waals surface area contributed by atoms with Crippen molar-refractivity contribution in [2.75, 3.05) is 55.6 Å². The van der Waals surface area contributed by atoms with Crippen molar-refractivity contribution in [3.8, 4) is 0 Å². The smallest absolute Gasteiger partial charge is 0.386 e. The van der Waals surface area contributed by atoms with Crippen LogP contribution in [0.3, 0.4) is 0 Å². The van der Waals surface area contributed by atoms with Crippen LogP contribution in [0.25, 0.3) is 44.7 Å². The number of carbonyl (C=O) groups is 1. The molecule has 13 N–H and O–H groups in total. The number of aliphatic hydroxyl groups excluding tert-OH is 1. The van der Waals surface area contributed by atoms with E-state index in [2.05, 4.69) is 92.8 Å². The van der Waals surface area contributed by atoms with Crippen molar-refractivity contribution in [3.05, 3.63) is 58.7 Å². The summed E-state index contributed by atoms with van der Waals surface area (Å²) >= 11 is 20.6. The number of carbonyl (C=O) groups excluding carboxylic acids is 1. The number of nitrogens with two attached hydrogens (primary N) is 3. The van der Waals surface area contributed by atoms with Crippen LogP contribution in [0, 0.1) is 5.92 Å². The average molecular weight is 1790 g/mol. The first-order valence-electron chi connectivity index (χ1n) is 35.2. The van der Waals surface area contributed by atoms with Gasteiger partial charge in [-0.3, -0.25) is 70.6 Å². The van der Waals surface area contributed by atoms with Gasteiger partial charge in [0.25, 0.3) is 11.1 Å². The highest BCUT2D eigenvalue weighted by atomic mass is 32.7. The number of amides is 1. The number of rotatable bonds is 10. The summed E-state index contributed by atoms with van der Waals surface area (Å²) in [5.41, 5.74) is 17.0. The van der Waals surface area contributed by atoms with Crippen molar-refractivity contribution in [1.82, 2.24) is 78.1 Å². The molecule has 0 saturated carbocycles. The van der Waals surface area contributed by atoms with Crippen molar-refractivity contribution in [2.45, 2.75) is 197 Å². The van der Waals surface area contributed by atoms with Gasteiger partial charge in [-0.2, -0.15) is 9.97 Å². The van der Waals surface area contributed by atoms with Gasteiger partial charge in [-0.1, -0.05) is 67.6 Å². The summed E-state index contributed by atoms with van der Waals surface area (Å²) in [6.07, 6.45) is -14.7. The number of nitrogen functional groups attached to an aromatic ring is 3. The molecule has 42 nitrogen and oxygen atoms in total. The zero-order valence-electron chi connectivity index (χ0n) is 63.9.